The first kappa shape index (κ1) is 27.3. The van der Waals surface area contributed by atoms with Gasteiger partial charge in [0.2, 0.25) is 0 Å². The highest BCUT2D eigenvalue weighted by Gasteiger charge is 2.47. The summed E-state index contributed by atoms with van der Waals surface area (Å²) in [4.78, 5) is 37.8. The Labute approximate surface area is 206 Å². The van der Waals surface area contributed by atoms with Crippen LogP contribution in [0.4, 0.5) is 0 Å². The summed E-state index contributed by atoms with van der Waals surface area (Å²) in [5, 5.41) is 22.7. The van der Waals surface area contributed by atoms with E-state index >= 15 is 0 Å². The fourth-order valence-electron chi connectivity index (χ4n) is 3.39. The van der Waals surface area contributed by atoms with E-state index in [-0.39, 0.29) is 5.75 Å². The standard InChI is InChI=1S/C22H27N4O9P/c1-13(2)33-21(29)14(3)25-36(31,35-15-7-5-4-6-8-15)32-12-17-19(28)16(11-23)20(34-17)26-10-9-18(27)24-22(26)30/h4-10,13-14,16-17,19-20,28H,12H2,1-3H3,(H,25,31)(H,24,27,30)/t14-,16-,17-,19+,20-,36+/m1/s1. The minimum Gasteiger partial charge on any atom is -0.462 e. The maximum absolute atomic E-state index is 13.6. The number of aliphatic hydroxyl groups is 1. The van der Waals surface area contributed by atoms with Crippen LogP contribution in [0.2, 0.25) is 0 Å². The normalized spacial score (nSPS) is 24.0. The van der Waals surface area contributed by atoms with Crippen LogP contribution in [0.1, 0.15) is 27.0 Å². The zero-order chi connectivity index (χ0) is 26.5. The van der Waals surface area contributed by atoms with Gasteiger partial charge in [-0.1, -0.05) is 18.2 Å². The van der Waals surface area contributed by atoms with Gasteiger partial charge in [-0.05, 0) is 32.9 Å². The number of aromatic nitrogens is 2. The molecule has 1 aliphatic rings. The lowest BCUT2D eigenvalue weighted by Gasteiger charge is -2.25. The van der Waals surface area contributed by atoms with E-state index in [9.17, 15) is 29.3 Å². The summed E-state index contributed by atoms with van der Waals surface area (Å²) >= 11 is 0. The van der Waals surface area contributed by atoms with Gasteiger partial charge in [0, 0.05) is 12.3 Å². The number of hydrogen-bond donors (Lipinski definition) is 3. The number of esters is 1. The number of nitrogens with one attached hydrogen (secondary N) is 2. The Morgan fingerprint density at radius 2 is 1.97 bits per heavy atom. The Morgan fingerprint density at radius 1 is 1.28 bits per heavy atom. The summed E-state index contributed by atoms with van der Waals surface area (Å²) in [7, 11) is -4.25. The van der Waals surface area contributed by atoms with Gasteiger partial charge < -0.3 is 19.1 Å². The summed E-state index contributed by atoms with van der Waals surface area (Å²) in [6, 6.07) is 9.92. The average Bonchev–Trinajstić information content (AvgIpc) is 3.12. The third kappa shape index (κ3) is 6.69. The van der Waals surface area contributed by atoms with Gasteiger partial charge in [-0.3, -0.25) is 23.7 Å². The Morgan fingerprint density at radius 3 is 2.58 bits per heavy atom. The Kier molecular flexibility index (Phi) is 8.84. The van der Waals surface area contributed by atoms with Gasteiger partial charge in [0.25, 0.3) is 5.56 Å². The molecule has 1 fully saturated rings. The number of nitriles is 1. The molecule has 0 aliphatic carbocycles. The van der Waals surface area contributed by atoms with Crippen molar-refractivity contribution < 1.29 is 33.0 Å². The number of carbonyl (C=O) groups excluding carboxylic acids is 1. The van der Waals surface area contributed by atoms with Crippen molar-refractivity contribution in [3.63, 3.8) is 0 Å². The predicted molar refractivity (Wildman–Crippen MR) is 125 cm³/mol. The van der Waals surface area contributed by atoms with Crippen molar-refractivity contribution in [3.05, 3.63) is 63.4 Å². The van der Waals surface area contributed by atoms with E-state index in [4.69, 9.17) is 18.5 Å². The summed E-state index contributed by atoms with van der Waals surface area (Å²) in [5.74, 6) is -1.72. The number of H-pyrrole nitrogens is 1. The van der Waals surface area contributed by atoms with Gasteiger partial charge in [-0.15, -0.1) is 0 Å². The van der Waals surface area contributed by atoms with Gasteiger partial charge in [-0.25, -0.2) is 9.36 Å². The molecule has 0 radical (unpaired) electrons. The van der Waals surface area contributed by atoms with E-state index in [0.717, 1.165) is 16.8 Å². The number of hydrogen-bond acceptors (Lipinski definition) is 10. The highest BCUT2D eigenvalue weighted by atomic mass is 31.2. The second-order valence-corrected chi connectivity index (χ2v) is 9.96. The number of nitrogens with zero attached hydrogens (tertiary/aromatic N) is 2. The smallest absolute Gasteiger partial charge is 0.459 e. The van der Waals surface area contributed by atoms with Crippen LogP contribution in [-0.2, 0) is 23.4 Å². The van der Waals surface area contributed by atoms with Crippen LogP contribution in [0.15, 0.2) is 52.2 Å². The molecular weight excluding hydrogens is 495 g/mol. The number of benzene rings is 1. The molecule has 0 spiro atoms. The lowest BCUT2D eigenvalue weighted by Crippen LogP contribution is -2.37. The van der Waals surface area contributed by atoms with Gasteiger partial charge in [0.15, 0.2) is 6.23 Å². The quantitative estimate of drug-likeness (QED) is 0.300. The number of para-hydroxylation sites is 1. The van der Waals surface area contributed by atoms with Crippen LogP contribution in [0.5, 0.6) is 5.75 Å². The second kappa shape index (κ2) is 11.6. The van der Waals surface area contributed by atoms with Gasteiger partial charge in [-0.2, -0.15) is 10.3 Å². The van der Waals surface area contributed by atoms with E-state index < -0.39 is 68.1 Å². The number of aromatic amines is 1. The molecule has 1 aromatic heterocycles. The first-order valence-electron chi connectivity index (χ1n) is 11.0. The summed E-state index contributed by atoms with van der Waals surface area (Å²) < 4.78 is 36.4. The third-order valence-corrected chi connectivity index (χ3v) is 6.72. The molecule has 3 N–H and O–H groups in total. The van der Waals surface area contributed by atoms with Gasteiger partial charge in [0.1, 0.15) is 29.9 Å². The lowest BCUT2D eigenvalue weighted by atomic mass is 10.0. The fraction of sp³-hybridized carbons (Fsp3) is 0.455. The molecule has 1 saturated heterocycles. The molecule has 14 heteroatoms. The first-order chi connectivity index (χ1) is 17.0. The fourth-order valence-corrected chi connectivity index (χ4v) is 4.90. The van der Waals surface area contributed by atoms with Crippen LogP contribution in [0.3, 0.4) is 0 Å². The zero-order valence-corrected chi connectivity index (χ0v) is 20.7. The second-order valence-electron chi connectivity index (χ2n) is 8.26. The van der Waals surface area contributed by atoms with E-state index in [0.29, 0.717) is 0 Å². The van der Waals surface area contributed by atoms with Crippen LogP contribution in [0.25, 0.3) is 0 Å². The molecule has 1 aliphatic heterocycles. The van der Waals surface area contributed by atoms with Gasteiger partial charge >= 0.3 is 19.4 Å². The Balaban J connectivity index is 1.79. The lowest BCUT2D eigenvalue weighted by molar-refractivity contribution is -0.149. The zero-order valence-electron chi connectivity index (χ0n) is 19.8. The summed E-state index contributed by atoms with van der Waals surface area (Å²) in [6.07, 6.45) is -3.15. The van der Waals surface area contributed by atoms with Gasteiger partial charge in [0.05, 0.1) is 18.8 Å². The molecule has 13 nitrogen and oxygen atoms in total. The maximum atomic E-state index is 13.6. The monoisotopic (exact) mass is 522 g/mol. The van der Waals surface area contributed by atoms with E-state index in [1.165, 1.54) is 19.1 Å². The van der Waals surface area contributed by atoms with Crippen molar-refractivity contribution in [2.75, 3.05) is 6.61 Å². The first-order valence-corrected chi connectivity index (χ1v) is 12.6. The van der Waals surface area contributed by atoms with Crippen molar-refractivity contribution in [1.82, 2.24) is 14.6 Å². The average molecular weight is 522 g/mol. The minimum atomic E-state index is -4.25. The summed E-state index contributed by atoms with van der Waals surface area (Å²) in [6.45, 7) is 4.21. The molecule has 6 atom stereocenters. The van der Waals surface area contributed by atoms with Crippen molar-refractivity contribution in [3.8, 4) is 11.8 Å². The SMILES string of the molecule is CC(C)OC(=O)[C@@H](C)N[P@](=O)(OC[C@H]1O[C@@H](n2ccc(=O)[nH]c2=O)[C@H](C#N)[C@@H]1O)Oc1ccccc1. The van der Waals surface area contributed by atoms with E-state index in [1.807, 2.05) is 6.07 Å². The molecule has 36 heavy (non-hydrogen) atoms. The molecule has 2 aromatic rings. The van der Waals surface area contributed by atoms with Crippen LogP contribution in [-0.4, -0.2) is 51.6 Å². The molecular formula is C22H27N4O9P. The van der Waals surface area contributed by atoms with E-state index in [1.54, 1.807) is 32.0 Å². The van der Waals surface area contributed by atoms with Crippen molar-refractivity contribution in [2.24, 2.45) is 5.92 Å². The molecule has 194 valence electrons. The topological polar surface area (TPSA) is 182 Å². The molecule has 0 amide bonds. The van der Waals surface area contributed by atoms with Crippen LogP contribution >= 0.6 is 7.75 Å². The highest BCUT2D eigenvalue weighted by molar-refractivity contribution is 7.52. The van der Waals surface area contributed by atoms with Crippen molar-refractivity contribution in [2.45, 2.75) is 51.4 Å². The number of ether oxygens (including phenoxy) is 2. The largest absolute Gasteiger partial charge is 0.462 e. The molecule has 0 bridgehead atoms. The van der Waals surface area contributed by atoms with Crippen LogP contribution < -0.4 is 20.9 Å². The Bertz CT molecular complexity index is 1260. The predicted octanol–water partition coefficient (Wildman–Crippen LogP) is 1.07. The third-order valence-electron chi connectivity index (χ3n) is 5.08. The number of rotatable bonds is 10. The molecule has 2 heterocycles. The molecule has 0 saturated carbocycles. The van der Waals surface area contributed by atoms with Crippen LogP contribution in [0, 0.1) is 17.2 Å². The van der Waals surface area contributed by atoms with Crippen molar-refractivity contribution >= 4 is 13.7 Å². The molecule has 1 aromatic carbocycles. The van der Waals surface area contributed by atoms with Crippen molar-refractivity contribution in [1.29, 1.82) is 5.26 Å². The number of carbonyl (C=O) groups is 1. The maximum Gasteiger partial charge on any atom is 0.459 e. The minimum absolute atomic E-state index is 0.179. The molecule has 3 rings (SSSR count). The number of aliphatic hydroxyl groups excluding tert-OH is 1. The van der Waals surface area contributed by atoms with E-state index in [2.05, 4.69) is 10.1 Å². The summed E-state index contributed by atoms with van der Waals surface area (Å²) in [5.41, 5.74) is -1.47. The Hall–Kier alpha value is -3.27. The highest BCUT2D eigenvalue weighted by Crippen LogP contribution is 2.46. The molecule has 0 unspecified atom stereocenters.